The SMILES string of the molecule is CCOC(OCC)C(O)CC(=O)/C=C/c1ccccc1. The topological polar surface area (TPSA) is 55.8 Å². The molecule has 0 fully saturated rings. The predicted octanol–water partition coefficient (Wildman–Crippen LogP) is 2.42. The highest BCUT2D eigenvalue weighted by Crippen LogP contribution is 2.08. The number of aliphatic hydroxyl groups excluding tert-OH is 1. The fraction of sp³-hybridized carbons (Fsp3) is 0.438. The number of carbonyl (C=O) groups excluding carboxylic acids is 1. The molecule has 0 aliphatic rings. The molecule has 0 heterocycles. The molecule has 110 valence electrons. The van der Waals surface area contributed by atoms with Crippen molar-refractivity contribution in [2.24, 2.45) is 0 Å². The van der Waals surface area contributed by atoms with E-state index in [9.17, 15) is 9.90 Å². The third-order valence-corrected chi connectivity index (χ3v) is 2.65. The molecule has 1 unspecified atom stereocenters. The fourth-order valence-electron chi connectivity index (χ4n) is 1.72. The Morgan fingerprint density at radius 2 is 1.80 bits per heavy atom. The van der Waals surface area contributed by atoms with Crippen LogP contribution in [-0.2, 0) is 14.3 Å². The van der Waals surface area contributed by atoms with Gasteiger partial charge in [-0.25, -0.2) is 0 Å². The van der Waals surface area contributed by atoms with Crippen molar-refractivity contribution in [2.75, 3.05) is 13.2 Å². The number of hydrogen-bond acceptors (Lipinski definition) is 4. The lowest BCUT2D eigenvalue weighted by atomic mass is 10.1. The van der Waals surface area contributed by atoms with Crippen LogP contribution in [0.25, 0.3) is 6.08 Å². The standard InChI is InChI=1S/C16H22O4/c1-3-19-16(20-4-2)15(18)12-14(17)11-10-13-8-6-5-7-9-13/h5-11,15-16,18H,3-4,12H2,1-2H3/b11-10+. The molecule has 1 rings (SSSR count). The number of benzene rings is 1. The highest BCUT2D eigenvalue weighted by Gasteiger charge is 2.21. The molecule has 0 spiro atoms. The fourth-order valence-corrected chi connectivity index (χ4v) is 1.72. The average molecular weight is 278 g/mol. The molecule has 0 amide bonds. The van der Waals surface area contributed by atoms with E-state index in [4.69, 9.17) is 9.47 Å². The molecule has 1 atom stereocenters. The van der Waals surface area contributed by atoms with Crippen LogP contribution in [0, 0.1) is 0 Å². The molecule has 4 nitrogen and oxygen atoms in total. The summed E-state index contributed by atoms with van der Waals surface area (Å²) in [5.41, 5.74) is 0.946. The van der Waals surface area contributed by atoms with Gasteiger partial charge in [-0.3, -0.25) is 4.79 Å². The van der Waals surface area contributed by atoms with Gasteiger partial charge in [-0.05, 0) is 25.5 Å². The van der Waals surface area contributed by atoms with Crippen LogP contribution in [0.3, 0.4) is 0 Å². The summed E-state index contributed by atoms with van der Waals surface area (Å²) in [5, 5.41) is 9.93. The lowest BCUT2D eigenvalue weighted by molar-refractivity contribution is -0.190. The van der Waals surface area contributed by atoms with E-state index in [-0.39, 0.29) is 12.2 Å². The first-order valence-electron chi connectivity index (χ1n) is 6.84. The van der Waals surface area contributed by atoms with Crippen molar-refractivity contribution in [3.63, 3.8) is 0 Å². The number of aliphatic hydroxyl groups is 1. The second kappa shape index (κ2) is 9.42. The van der Waals surface area contributed by atoms with Crippen LogP contribution in [0.4, 0.5) is 0 Å². The van der Waals surface area contributed by atoms with Crippen LogP contribution >= 0.6 is 0 Å². The Hall–Kier alpha value is -1.49. The minimum absolute atomic E-state index is 0.0198. The monoisotopic (exact) mass is 278 g/mol. The largest absolute Gasteiger partial charge is 0.387 e. The van der Waals surface area contributed by atoms with Crippen LogP contribution in [0.15, 0.2) is 36.4 Å². The Labute approximate surface area is 120 Å². The van der Waals surface area contributed by atoms with Crippen molar-refractivity contribution in [3.8, 4) is 0 Å². The first-order valence-corrected chi connectivity index (χ1v) is 6.84. The van der Waals surface area contributed by atoms with E-state index in [1.54, 1.807) is 6.08 Å². The van der Waals surface area contributed by atoms with E-state index in [1.165, 1.54) is 6.08 Å². The Kier molecular flexibility index (Phi) is 7.80. The first-order chi connectivity index (χ1) is 9.67. The maximum absolute atomic E-state index is 11.8. The van der Waals surface area contributed by atoms with Gasteiger partial charge in [-0.2, -0.15) is 0 Å². The first kappa shape index (κ1) is 16.6. The van der Waals surface area contributed by atoms with Gasteiger partial charge < -0.3 is 14.6 Å². The third-order valence-electron chi connectivity index (χ3n) is 2.65. The lowest BCUT2D eigenvalue weighted by Gasteiger charge is -2.21. The molecule has 0 aliphatic heterocycles. The molecule has 1 N–H and O–H groups in total. The molecular formula is C16H22O4. The number of carbonyl (C=O) groups is 1. The number of rotatable bonds is 9. The van der Waals surface area contributed by atoms with E-state index in [0.717, 1.165) is 5.56 Å². The van der Waals surface area contributed by atoms with E-state index >= 15 is 0 Å². The van der Waals surface area contributed by atoms with Gasteiger partial charge in [0.25, 0.3) is 0 Å². The molecule has 0 radical (unpaired) electrons. The van der Waals surface area contributed by atoms with Gasteiger partial charge in [0.15, 0.2) is 12.1 Å². The zero-order chi connectivity index (χ0) is 14.8. The number of hydrogen-bond donors (Lipinski definition) is 1. The van der Waals surface area contributed by atoms with Gasteiger partial charge in [-0.15, -0.1) is 0 Å². The van der Waals surface area contributed by atoms with Crippen LogP contribution in [-0.4, -0.2) is 36.5 Å². The van der Waals surface area contributed by atoms with Crippen LogP contribution in [0.1, 0.15) is 25.8 Å². The summed E-state index contributed by atoms with van der Waals surface area (Å²) in [4.78, 5) is 11.8. The van der Waals surface area contributed by atoms with Crippen molar-refractivity contribution in [1.82, 2.24) is 0 Å². The molecule has 0 aromatic heterocycles. The second-order valence-corrected chi connectivity index (χ2v) is 4.26. The second-order valence-electron chi connectivity index (χ2n) is 4.26. The maximum atomic E-state index is 11.8. The van der Waals surface area contributed by atoms with E-state index in [2.05, 4.69) is 0 Å². The number of allylic oxidation sites excluding steroid dienone is 1. The Bertz CT molecular complexity index is 408. The smallest absolute Gasteiger partial charge is 0.183 e. The van der Waals surface area contributed by atoms with E-state index in [1.807, 2.05) is 44.2 Å². The summed E-state index contributed by atoms with van der Waals surface area (Å²) in [6, 6.07) is 9.53. The van der Waals surface area contributed by atoms with E-state index < -0.39 is 12.4 Å². The quantitative estimate of drug-likeness (QED) is 0.557. The normalized spacial score (nSPS) is 13.0. The highest BCUT2D eigenvalue weighted by molar-refractivity contribution is 5.93. The van der Waals surface area contributed by atoms with Crippen LogP contribution in [0.5, 0.6) is 0 Å². The van der Waals surface area contributed by atoms with Crippen molar-refractivity contribution in [1.29, 1.82) is 0 Å². The van der Waals surface area contributed by atoms with Crippen LogP contribution < -0.4 is 0 Å². The van der Waals surface area contributed by atoms with E-state index in [0.29, 0.717) is 13.2 Å². The summed E-state index contributed by atoms with van der Waals surface area (Å²) in [6.45, 7) is 4.48. The molecule has 0 saturated heterocycles. The molecule has 20 heavy (non-hydrogen) atoms. The van der Waals surface area contributed by atoms with Crippen molar-refractivity contribution in [3.05, 3.63) is 42.0 Å². The molecular weight excluding hydrogens is 256 g/mol. The molecule has 0 aliphatic carbocycles. The Morgan fingerprint density at radius 1 is 1.20 bits per heavy atom. The van der Waals surface area contributed by atoms with Gasteiger partial charge in [0.2, 0.25) is 0 Å². The summed E-state index contributed by atoms with van der Waals surface area (Å²) in [5.74, 6) is -0.161. The molecule has 1 aromatic carbocycles. The molecule has 0 bridgehead atoms. The van der Waals surface area contributed by atoms with Gasteiger partial charge in [0.05, 0.1) is 0 Å². The predicted molar refractivity (Wildman–Crippen MR) is 78.1 cm³/mol. The lowest BCUT2D eigenvalue weighted by Crippen LogP contribution is -2.33. The highest BCUT2D eigenvalue weighted by atomic mass is 16.7. The third kappa shape index (κ3) is 6.10. The Balaban J connectivity index is 2.50. The van der Waals surface area contributed by atoms with Gasteiger partial charge >= 0.3 is 0 Å². The zero-order valence-electron chi connectivity index (χ0n) is 12.0. The summed E-state index contributed by atoms with van der Waals surface area (Å²) < 4.78 is 10.5. The summed E-state index contributed by atoms with van der Waals surface area (Å²) >= 11 is 0. The summed E-state index contributed by atoms with van der Waals surface area (Å²) in [7, 11) is 0. The number of ketones is 1. The minimum Gasteiger partial charge on any atom is -0.387 e. The van der Waals surface area contributed by atoms with Gasteiger partial charge in [-0.1, -0.05) is 36.4 Å². The average Bonchev–Trinajstić information content (AvgIpc) is 2.46. The molecule has 1 aromatic rings. The van der Waals surface area contributed by atoms with Crippen LogP contribution in [0.2, 0.25) is 0 Å². The van der Waals surface area contributed by atoms with Crippen molar-refractivity contribution in [2.45, 2.75) is 32.7 Å². The van der Waals surface area contributed by atoms with Crippen molar-refractivity contribution < 1.29 is 19.4 Å². The number of ether oxygens (including phenoxy) is 2. The van der Waals surface area contributed by atoms with Crippen molar-refractivity contribution >= 4 is 11.9 Å². The summed E-state index contributed by atoms with van der Waals surface area (Å²) in [6.07, 6.45) is 1.47. The maximum Gasteiger partial charge on any atom is 0.183 e. The van der Waals surface area contributed by atoms with Gasteiger partial charge in [0.1, 0.15) is 6.10 Å². The van der Waals surface area contributed by atoms with Gasteiger partial charge in [0, 0.05) is 19.6 Å². The molecule has 0 saturated carbocycles. The molecule has 4 heteroatoms. The zero-order valence-corrected chi connectivity index (χ0v) is 12.0. The minimum atomic E-state index is -0.956. The Morgan fingerprint density at radius 3 is 2.35 bits per heavy atom.